The number of nitrogens with one attached hydrogen (secondary N) is 2. The average molecular weight is 472 g/mol. The second-order valence-corrected chi connectivity index (χ2v) is 8.37. The number of amides is 1. The van der Waals surface area contributed by atoms with Crippen LogP contribution < -0.4 is 25.9 Å². The maximum Gasteiger partial charge on any atom is 0.349 e. The van der Waals surface area contributed by atoms with Crippen LogP contribution in [0.3, 0.4) is 0 Å². The van der Waals surface area contributed by atoms with Crippen LogP contribution in [0.1, 0.15) is 28.9 Å². The minimum Gasteiger partial charge on any atom is -0.493 e. The second kappa shape index (κ2) is 9.46. The number of benzene rings is 2. The molecule has 0 unspecified atom stereocenters. The Bertz CT molecular complexity index is 1440. The second-order valence-electron chi connectivity index (χ2n) is 8.37. The third-order valence-corrected chi connectivity index (χ3v) is 5.86. The molecule has 9 heteroatoms. The number of nitrogens with zero attached hydrogens (tertiary/aromatic N) is 3. The van der Waals surface area contributed by atoms with E-state index in [9.17, 15) is 9.59 Å². The lowest BCUT2D eigenvalue weighted by Crippen LogP contribution is -2.20. The van der Waals surface area contributed by atoms with E-state index < -0.39 is 11.5 Å². The molecule has 0 bridgehead atoms. The van der Waals surface area contributed by atoms with Crippen molar-refractivity contribution >= 4 is 40.0 Å². The lowest BCUT2D eigenvalue weighted by molar-refractivity contribution is 0.102. The summed E-state index contributed by atoms with van der Waals surface area (Å²) in [6, 6.07) is 15.8. The minimum absolute atomic E-state index is 0.0874. The molecule has 1 saturated heterocycles. The maximum absolute atomic E-state index is 12.8. The molecule has 1 aliphatic rings. The van der Waals surface area contributed by atoms with E-state index in [-0.39, 0.29) is 5.56 Å². The first-order valence-corrected chi connectivity index (χ1v) is 11.4. The molecule has 1 aliphatic heterocycles. The maximum atomic E-state index is 12.8. The molecule has 1 amide bonds. The van der Waals surface area contributed by atoms with Gasteiger partial charge in [0.05, 0.1) is 7.11 Å². The van der Waals surface area contributed by atoms with Crippen molar-refractivity contribution < 1.29 is 13.9 Å². The predicted octanol–water partition coefficient (Wildman–Crippen LogP) is 4.50. The van der Waals surface area contributed by atoms with Crippen LogP contribution in [-0.4, -0.2) is 36.1 Å². The standard InChI is InChI=1S/C26H25N5O4/c1-16-14-22(31-12-3-4-13-31)30-26(27-16)29-19-10-8-18(9-11-19)28-24(32)20-15-17-6-5-7-21(34-2)23(17)35-25(20)33/h5-11,14-15H,3-4,12-13H2,1-2H3,(H,28,32)(H,27,29,30). The van der Waals surface area contributed by atoms with Crippen molar-refractivity contribution in [2.24, 2.45) is 0 Å². The van der Waals surface area contributed by atoms with Gasteiger partial charge in [-0.05, 0) is 56.2 Å². The van der Waals surface area contributed by atoms with Crippen LogP contribution in [0.2, 0.25) is 0 Å². The first kappa shape index (κ1) is 22.4. The number of ether oxygens (including phenoxy) is 1. The fourth-order valence-corrected chi connectivity index (χ4v) is 4.12. The van der Waals surface area contributed by atoms with Crippen LogP contribution >= 0.6 is 0 Å². The van der Waals surface area contributed by atoms with Crippen LogP contribution in [0, 0.1) is 6.92 Å². The molecule has 0 atom stereocenters. The SMILES string of the molecule is COc1cccc2cc(C(=O)Nc3ccc(Nc4nc(C)cc(N5CCCC5)n4)cc3)c(=O)oc12. The quantitative estimate of drug-likeness (QED) is 0.396. The van der Waals surface area contributed by atoms with Crippen molar-refractivity contribution in [3.8, 4) is 5.75 Å². The topological polar surface area (TPSA) is 110 Å². The van der Waals surface area contributed by atoms with Gasteiger partial charge in [0.15, 0.2) is 11.3 Å². The van der Waals surface area contributed by atoms with E-state index in [1.54, 1.807) is 30.3 Å². The molecule has 3 heterocycles. The van der Waals surface area contributed by atoms with E-state index in [0.717, 1.165) is 30.3 Å². The van der Waals surface area contributed by atoms with Gasteiger partial charge >= 0.3 is 5.63 Å². The Hall–Kier alpha value is -4.40. The summed E-state index contributed by atoms with van der Waals surface area (Å²) in [7, 11) is 1.49. The lowest BCUT2D eigenvalue weighted by atomic mass is 10.1. The van der Waals surface area contributed by atoms with Gasteiger partial charge in [0.25, 0.3) is 5.91 Å². The molecule has 9 nitrogen and oxygen atoms in total. The number of hydrogen-bond acceptors (Lipinski definition) is 8. The lowest BCUT2D eigenvalue weighted by Gasteiger charge is -2.17. The Morgan fingerprint density at radius 3 is 2.51 bits per heavy atom. The van der Waals surface area contributed by atoms with Crippen molar-refractivity contribution in [2.45, 2.75) is 19.8 Å². The highest BCUT2D eigenvalue weighted by Crippen LogP contribution is 2.25. The molecule has 2 aromatic carbocycles. The number of rotatable bonds is 6. The van der Waals surface area contributed by atoms with Gasteiger partial charge in [0, 0.05) is 41.6 Å². The van der Waals surface area contributed by atoms with Gasteiger partial charge < -0.3 is 24.7 Å². The van der Waals surface area contributed by atoms with Gasteiger partial charge in [-0.1, -0.05) is 12.1 Å². The summed E-state index contributed by atoms with van der Waals surface area (Å²) < 4.78 is 10.6. The first-order valence-electron chi connectivity index (χ1n) is 11.4. The van der Waals surface area contributed by atoms with E-state index in [0.29, 0.717) is 28.4 Å². The van der Waals surface area contributed by atoms with E-state index in [2.05, 4.69) is 25.5 Å². The van der Waals surface area contributed by atoms with Crippen molar-refractivity contribution in [1.82, 2.24) is 9.97 Å². The predicted molar refractivity (Wildman–Crippen MR) is 135 cm³/mol. The summed E-state index contributed by atoms with van der Waals surface area (Å²) in [6.45, 7) is 3.96. The number of carbonyl (C=O) groups excluding carboxylic acids is 1. The molecule has 0 spiro atoms. The molecular weight excluding hydrogens is 446 g/mol. The first-order chi connectivity index (χ1) is 17.0. The number of aryl methyl sites for hydroxylation is 1. The average Bonchev–Trinajstić information content (AvgIpc) is 3.39. The largest absolute Gasteiger partial charge is 0.493 e. The number of fused-ring (bicyclic) bond motifs is 1. The Morgan fingerprint density at radius 2 is 1.77 bits per heavy atom. The zero-order valence-corrected chi connectivity index (χ0v) is 19.5. The monoisotopic (exact) mass is 471 g/mol. The number of hydrogen-bond donors (Lipinski definition) is 2. The molecule has 35 heavy (non-hydrogen) atoms. The highest BCUT2D eigenvalue weighted by atomic mass is 16.5. The number of para-hydroxylation sites is 1. The fraction of sp³-hybridized carbons (Fsp3) is 0.231. The summed E-state index contributed by atoms with van der Waals surface area (Å²) >= 11 is 0. The molecule has 5 rings (SSSR count). The zero-order chi connectivity index (χ0) is 24.4. The summed E-state index contributed by atoms with van der Waals surface area (Å²) in [6.07, 6.45) is 2.35. The van der Waals surface area contributed by atoms with Gasteiger partial charge in [0.2, 0.25) is 5.95 Å². The van der Waals surface area contributed by atoms with Gasteiger partial charge in [-0.3, -0.25) is 4.79 Å². The molecule has 0 radical (unpaired) electrons. The van der Waals surface area contributed by atoms with Crippen LogP contribution in [0.25, 0.3) is 11.0 Å². The Morgan fingerprint density at radius 1 is 1.03 bits per heavy atom. The molecule has 178 valence electrons. The van der Waals surface area contributed by atoms with Crippen molar-refractivity contribution in [3.05, 3.63) is 76.3 Å². The Labute approximate surface area is 201 Å². The van der Waals surface area contributed by atoms with Crippen molar-refractivity contribution in [3.63, 3.8) is 0 Å². The zero-order valence-electron chi connectivity index (χ0n) is 19.5. The van der Waals surface area contributed by atoms with Crippen molar-refractivity contribution in [1.29, 1.82) is 0 Å². The Kier molecular flexibility index (Phi) is 6.05. The van der Waals surface area contributed by atoms with Crippen molar-refractivity contribution in [2.75, 3.05) is 35.7 Å². The van der Waals surface area contributed by atoms with Gasteiger partial charge in [-0.25, -0.2) is 9.78 Å². The summed E-state index contributed by atoms with van der Waals surface area (Å²) in [5, 5.41) is 6.56. The molecule has 0 aliphatic carbocycles. The van der Waals surface area contributed by atoms with Crippen LogP contribution in [0.15, 0.2) is 63.8 Å². The molecule has 0 saturated carbocycles. The normalized spacial score (nSPS) is 13.1. The highest BCUT2D eigenvalue weighted by molar-refractivity contribution is 6.05. The van der Waals surface area contributed by atoms with Crippen LogP contribution in [0.5, 0.6) is 5.75 Å². The number of methoxy groups -OCH3 is 1. The number of anilines is 4. The summed E-state index contributed by atoms with van der Waals surface area (Å²) in [5.74, 6) is 1.32. The van der Waals surface area contributed by atoms with E-state index in [1.165, 1.54) is 26.0 Å². The van der Waals surface area contributed by atoms with Gasteiger partial charge in [-0.15, -0.1) is 0 Å². The Balaban J connectivity index is 1.30. The van der Waals surface area contributed by atoms with Gasteiger partial charge in [-0.2, -0.15) is 4.98 Å². The summed E-state index contributed by atoms with van der Waals surface area (Å²) in [4.78, 5) is 36.6. The minimum atomic E-state index is -0.733. The third kappa shape index (κ3) is 4.79. The van der Waals surface area contributed by atoms with Crippen LogP contribution in [-0.2, 0) is 0 Å². The highest BCUT2D eigenvalue weighted by Gasteiger charge is 2.17. The van der Waals surface area contributed by atoms with Crippen LogP contribution in [0.4, 0.5) is 23.1 Å². The molecule has 4 aromatic rings. The number of aromatic nitrogens is 2. The van der Waals surface area contributed by atoms with E-state index in [1.807, 2.05) is 25.1 Å². The number of carbonyl (C=O) groups is 1. The molecular formula is C26H25N5O4. The summed E-state index contributed by atoms with van der Waals surface area (Å²) in [5.41, 5.74) is 1.68. The van der Waals surface area contributed by atoms with E-state index in [4.69, 9.17) is 9.15 Å². The molecule has 2 aromatic heterocycles. The van der Waals surface area contributed by atoms with Gasteiger partial charge in [0.1, 0.15) is 11.4 Å². The fourth-order valence-electron chi connectivity index (χ4n) is 4.12. The molecule has 1 fully saturated rings. The third-order valence-electron chi connectivity index (χ3n) is 5.86. The van der Waals surface area contributed by atoms with E-state index >= 15 is 0 Å². The smallest absolute Gasteiger partial charge is 0.349 e. The molecule has 2 N–H and O–H groups in total.